The van der Waals surface area contributed by atoms with E-state index < -0.39 is 0 Å². The van der Waals surface area contributed by atoms with E-state index in [1.165, 1.54) is 16.7 Å². The molecule has 0 aromatic heterocycles. The lowest BCUT2D eigenvalue weighted by atomic mass is 10.1. The molecule has 0 amide bonds. The van der Waals surface area contributed by atoms with E-state index in [-0.39, 0.29) is 6.10 Å². The molecule has 1 unspecified atom stereocenters. The maximum absolute atomic E-state index is 10.3. The SMILES string of the molecule is CCc1ccc(CN(C)CC(O)CN(C)Cc2ccccc2)cc1. The maximum Gasteiger partial charge on any atom is 0.0793 e. The van der Waals surface area contributed by atoms with Gasteiger partial charge in [0.25, 0.3) is 0 Å². The predicted molar refractivity (Wildman–Crippen MR) is 101 cm³/mol. The summed E-state index contributed by atoms with van der Waals surface area (Å²) in [5.41, 5.74) is 3.93. The number of aryl methyl sites for hydroxylation is 1. The Morgan fingerprint density at radius 3 is 1.71 bits per heavy atom. The molecular formula is C21H30N2O. The van der Waals surface area contributed by atoms with Crippen molar-refractivity contribution < 1.29 is 5.11 Å². The zero-order chi connectivity index (χ0) is 17.4. The molecule has 2 rings (SSSR count). The molecule has 1 atom stereocenters. The van der Waals surface area contributed by atoms with Gasteiger partial charge in [0.2, 0.25) is 0 Å². The first-order valence-corrected chi connectivity index (χ1v) is 8.73. The monoisotopic (exact) mass is 326 g/mol. The van der Waals surface area contributed by atoms with Crippen molar-refractivity contribution in [2.24, 2.45) is 0 Å². The van der Waals surface area contributed by atoms with Gasteiger partial charge in [0.05, 0.1) is 6.10 Å². The highest BCUT2D eigenvalue weighted by Gasteiger charge is 2.12. The van der Waals surface area contributed by atoms with Crippen LogP contribution in [0.4, 0.5) is 0 Å². The number of likely N-dealkylation sites (N-methyl/N-ethyl adjacent to an activating group) is 2. The Bertz CT molecular complexity index is 583. The molecule has 0 aliphatic carbocycles. The van der Waals surface area contributed by atoms with E-state index in [9.17, 15) is 5.11 Å². The van der Waals surface area contributed by atoms with Gasteiger partial charge in [-0.15, -0.1) is 0 Å². The van der Waals surface area contributed by atoms with Crippen LogP contribution >= 0.6 is 0 Å². The van der Waals surface area contributed by atoms with Crippen molar-refractivity contribution in [2.75, 3.05) is 27.2 Å². The summed E-state index contributed by atoms with van der Waals surface area (Å²) in [5.74, 6) is 0. The van der Waals surface area contributed by atoms with E-state index >= 15 is 0 Å². The quantitative estimate of drug-likeness (QED) is 0.767. The summed E-state index contributed by atoms with van der Waals surface area (Å²) in [4.78, 5) is 4.35. The Hall–Kier alpha value is -1.68. The summed E-state index contributed by atoms with van der Waals surface area (Å²) in [6.07, 6.45) is 0.724. The zero-order valence-corrected chi connectivity index (χ0v) is 15.2. The second-order valence-electron chi connectivity index (χ2n) is 6.70. The minimum atomic E-state index is -0.348. The number of aliphatic hydroxyl groups excluding tert-OH is 1. The highest BCUT2D eigenvalue weighted by atomic mass is 16.3. The fourth-order valence-electron chi connectivity index (χ4n) is 2.99. The summed E-state index contributed by atoms with van der Waals surface area (Å²) in [6.45, 7) is 5.25. The second-order valence-corrected chi connectivity index (χ2v) is 6.70. The number of benzene rings is 2. The van der Waals surface area contributed by atoms with Crippen molar-refractivity contribution in [3.8, 4) is 0 Å². The number of hydrogen-bond acceptors (Lipinski definition) is 3. The summed E-state index contributed by atoms with van der Waals surface area (Å²) in [7, 11) is 4.12. The molecule has 2 aromatic carbocycles. The zero-order valence-electron chi connectivity index (χ0n) is 15.2. The van der Waals surface area contributed by atoms with Crippen LogP contribution in [0.5, 0.6) is 0 Å². The molecule has 3 nitrogen and oxygen atoms in total. The Morgan fingerprint density at radius 1 is 0.750 bits per heavy atom. The third kappa shape index (κ3) is 6.44. The molecule has 3 heteroatoms. The number of aliphatic hydroxyl groups is 1. The van der Waals surface area contributed by atoms with Gasteiger partial charge in [-0.25, -0.2) is 0 Å². The Balaban J connectivity index is 1.75. The largest absolute Gasteiger partial charge is 0.390 e. The standard InChI is InChI=1S/C21H30N2O/c1-4-18-10-12-20(13-11-18)15-23(3)17-21(24)16-22(2)14-19-8-6-5-7-9-19/h5-13,21,24H,4,14-17H2,1-3H3. The minimum Gasteiger partial charge on any atom is -0.390 e. The Labute approximate surface area is 146 Å². The molecule has 0 bridgehead atoms. The third-order valence-corrected chi connectivity index (χ3v) is 4.22. The fourth-order valence-corrected chi connectivity index (χ4v) is 2.99. The molecule has 24 heavy (non-hydrogen) atoms. The Morgan fingerprint density at radius 2 is 1.21 bits per heavy atom. The summed E-state index contributed by atoms with van der Waals surface area (Å²) in [6, 6.07) is 19.1. The molecule has 0 radical (unpaired) electrons. The molecule has 0 aliphatic heterocycles. The van der Waals surface area contributed by atoms with E-state index in [1.54, 1.807) is 0 Å². The average Bonchev–Trinajstić information content (AvgIpc) is 2.56. The van der Waals surface area contributed by atoms with Crippen LogP contribution in [-0.4, -0.2) is 48.2 Å². The van der Waals surface area contributed by atoms with Crippen LogP contribution in [0.3, 0.4) is 0 Å². The van der Waals surface area contributed by atoms with Crippen LogP contribution < -0.4 is 0 Å². The van der Waals surface area contributed by atoms with Gasteiger partial charge in [0.15, 0.2) is 0 Å². The molecule has 1 N–H and O–H groups in total. The third-order valence-electron chi connectivity index (χ3n) is 4.22. The van der Waals surface area contributed by atoms with E-state index in [0.717, 1.165) is 19.5 Å². The lowest BCUT2D eigenvalue weighted by molar-refractivity contribution is 0.0868. The molecule has 0 saturated heterocycles. The summed E-state index contributed by atoms with van der Waals surface area (Å²) < 4.78 is 0. The molecule has 0 spiro atoms. The van der Waals surface area contributed by atoms with Gasteiger partial charge < -0.3 is 5.11 Å². The minimum absolute atomic E-state index is 0.348. The van der Waals surface area contributed by atoms with Crippen LogP contribution in [0, 0.1) is 0 Å². The average molecular weight is 326 g/mol. The van der Waals surface area contributed by atoms with Crippen molar-refractivity contribution in [3.05, 3.63) is 71.3 Å². The smallest absolute Gasteiger partial charge is 0.0793 e. The van der Waals surface area contributed by atoms with Gasteiger partial charge in [0, 0.05) is 26.2 Å². The second kappa shape index (κ2) is 9.58. The first-order chi connectivity index (χ1) is 11.6. The molecule has 2 aromatic rings. The predicted octanol–water partition coefficient (Wildman–Crippen LogP) is 3.17. The van der Waals surface area contributed by atoms with Crippen LogP contribution in [0.15, 0.2) is 54.6 Å². The van der Waals surface area contributed by atoms with Crippen molar-refractivity contribution in [2.45, 2.75) is 32.5 Å². The van der Waals surface area contributed by atoms with Crippen LogP contribution in [0.1, 0.15) is 23.6 Å². The van der Waals surface area contributed by atoms with Crippen molar-refractivity contribution in [3.63, 3.8) is 0 Å². The van der Waals surface area contributed by atoms with Crippen LogP contribution in [-0.2, 0) is 19.5 Å². The van der Waals surface area contributed by atoms with Gasteiger partial charge in [-0.05, 0) is 37.2 Å². The number of nitrogens with zero attached hydrogens (tertiary/aromatic N) is 2. The van der Waals surface area contributed by atoms with Crippen LogP contribution in [0.25, 0.3) is 0 Å². The highest BCUT2D eigenvalue weighted by molar-refractivity contribution is 5.22. The fraction of sp³-hybridized carbons (Fsp3) is 0.429. The van der Waals surface area contributed by atoms with Gasteiger partial charge in [0.1, 0.15) is 0 Å². The first kappa shape index (κ1) is 18.7. The molecule has 0 fully saturated rings. The topological polar surface area (TPSA) is 26.7 Å². The molecule has 0 heterocycles. The van der Waals surface area contributed by atoms with Crippen LogP contribution in [0.2, 0.25) is 0 Å². The Kier molecular flexibility index (Phi) is 7.44. The van der Waals surface area contributed by atoms with E-state index in [1.807, 2.05) is 6.07 Å². The van der Waals surface area contributed by atoms with E-state index in [2.05, 4.69) is 79.3 Å². The molecule has 130 valence electrons. The van der Waals surface area contributed by atoms with Gasteiger partial charge in [-0.1, -0.05) is 61.5 Å². The lowest BCUT2D eigenvalue weighted by Crippen LogP contribution is -2.37. The molecule has 0 aliphatic rings. The molecule has 0 saturated carbocycles. The van der Waals surface area contributed by atoms with Crippen molar-refractivity contribution in [1.82, 2.24) is 9.80 Å². The van der Waals surface area contributed by atoms with E-state index in [0.29, 0.717) is 13.1 Å². The summed E-state index contributed by atoms with van der Waals surface area (Å²) >= 11 is 0. The van der Waals surface area contributed by atoms with Crippen molar-refractivity contribution in [1.29, 1.82) is 0 Å². The highest BCUT2D eigenvalue weighted by Crippen LogP contribution is 2.08. The van der Waals surface area contributed by atoms with Crippen molar-refractivity contribution >= 4 is 0 Å². The molecular weight excluding hydrogens is 296 g/mol. The summed E-state index contributed by atoms with van der Waals surface area (Å²) in [5, 5.41) is 10.3. The maximum atomic E-state index is 10.3. The lowest BCUT2D eigenvalue weighted by Gasteiger charge is -2.25. The number of hydrogen-bond donors (Lipinski definition) is 1. The van der Waals surface area contributed by atoms with Gasteiger partial charge >= 0.3 is 0 Å². The number of rotatable bonds is 9. The van der Waals surface area contributed by atoms with Gasteiger partial charge in [-0.2, -0.15) is 0 Å². The van der Waals surface area contributed by atoms with Gasteiger partial charge in [-0.3, -0.25) is 9.80 Å². The van der Waals surface area contributed by atoms with E-state index in [4.69, 9.17) is 0 Å². The normalized spacial score (nSPS) is 12.8. The first-order valence-electron chi connectivity index (χ1n) is 8.73.